The number of dihydropyridines is 1. The van der Waals surface area contributed by atoms with Crippen LogP contribution in [-0.4, -0.2) is 11.7 Å². The molecule has 0 unspecified atom stereocenters. The van der Waals surface area contributed by atoms with Crippen molar-refractivity contribution < 1.29 is 4.79 Å². The zero-order valence-corrected chi connectivity index (χ0v) is 16.8. The fraction of sp³-hybridized carbons (Fsp3) is 0.217. The summed E-state index contributed by atoms with van der Waals surface area (Å²) in [6.45, 7) is 4.01. The monoisotopic (exact) mass is 389 g/mol. The highest BCUT2D eigenvalue weighted by atomic mass is 32.2. The standard InChI is InChI=1S/C23H23N3OS/c1-3-14-28-23-19(15-24)21(17-10-6-4-7-11-17)20(16(2)25-23)22(27)26-18-12-8-5-9-13-18/h4-13,21,25H,3,14H2,1-2H3,(H,26,27)/t21-/m1/s1. The number of nitrogens with one attached hydrogen (secondary N) is 2. The summed E-state index contributed by atoms with van der Waals surface area (Å²) >= 11 is 1.63. The Balaban J connectivity index is 2.04. The lowest BCUT2D eigenvalue weighted by atomic mass is 9.82. The second-order valence-corrected chi connectivity index (χ2v) is 7.64. The molecule has 5 heteroatoms. The maximum Gasteiger partial charge on any atom is 0.254 e. The van der Waals surface area contributed by atoms with E-state index in [1.165, 1.54) is 0 Å². The Hall–Kier alpha value is -2.97. The third kappa shape index (κ3) is 4.29. The highest BCUT2D eigenvalue weighted by Gasteiger charge is 2.34. The number of benzene rings is 2. The first-order chi connectivity index (χ1) is 13.7. The number of allylic oxidation sites excluding steroid dienone is 2. The number of rotatable bonds is 6. The fourth-order valence-electron chi connectivity index (χ4n) is 3.23. The van der Waals surface area contributed by atoms with Gasteiger partial charge in [0.05, 0.1) is 22.6 Å². The maximum absolute atomic E-state index is 13.2. The lowest BCUT2D eigenvalue weighted by Crippen LogP contribution is -2.30. The van der Waals surface area contributed by atoms with Crippen LogP contribution in [-0.2, 0) is 4.79 Å². The Morgan fingerprint density at radius 1 is 1.14 bits per heavy atom. The number of carbonyl (C=O) groups is 1. The molecule has 142 valence electrons. The lowest BCUT2D eigenvalue weighted by molar-refractivity contribution is -0.113. The molecule has 28 heavy (non-hydrogen) atoms. The molecule has 0 aliphatic carbocycles. The summed E-state index contributed by atoms with van der Waals surface area (Å²) in [6, 6.07) is 21.5. The van der Waals surface area contributed by atoms with Crippen molar-refractivity contribution in [1.29, 1.82) is 5.26 Å². The van der Waals surface area contributed by atoms with Crippen LogP contribution in [0.5, 0.6) is 0 Å². The van der Waals surface area contributed by atoms with Crippen LogP contribution in [0.3, 0.4) is 0 Å². The predicted octanol–water partition coefficient (Wildman–Crippen LogP) is 5.16. The van der Waals surface area contributed by atoms with Crippen LogP contribution in [0.25, 0.3) is 0 Å². The van der Waals surface area contributed by atoms with Gasteiger partial charge in [-0.05, 0) is 36.8 Å². The summed E-state index contributed by atoms with van der Waals surface area (Å²) in [6.07, 6.45) is 1.01. The second-order valence-electron chi connectivity index (χ2n) is 6.53. The van der Waals surface area contributed by atoms with Crippen molar-refractivity contribution in [3.63, 3.8) is 0 Å². The molecule has 0 saturated heterocycles. The van der Waals surface area contributed by atoms with Crippen molar-refractivity contribution in [3.05, 3.63) is 88.1 Å². The molecule has 0 fully saturated rings. The van der Waals surface area contributed by atoms with Gasteiger partial charge in [-0.25, -0.2) is 0 Å². The minimum Gasteiger partial charge on any atom is -0.353 e. The molecular formula is C23H23N3OS. The largest absolute Gasteiger partial charge is 0.353 e. The maximum atomic E-state index is 13.2. The number of thioether (sulfide) groups is 1. The van der Waals surface area contributed by atoms with E-state index in [1.54, 1.807) is 11.8 Å². The van der Waals surface area contributed by atoms with E-state index in [4.69, 9.17) is 0 Å². The quantitative estimate of drug-likeness (QED) is 0.716. The van der Waals surface area contributed by atoms with E-state index in [0.717, 1.165) is 34.2 Å². The second kappa shape index (κ2) is 9.29. The minimum atomic E-state index is -0.393. The topological polar surface area (TPSA) is 64.9 Å². The first-order valence-electron chi connectivity index (χ1n) is 9.32. The average Bonchev–Trinajstić information content (AvgIpc) is 2.72. The molecule has 4 nitrogen and oxygen atoms in total. The highest BCUT2D eigenvalue weighted by Crippen LogP contribution is 2.40. The molecule has 1 aliphatic rings. The van der Waals surface area contributed by atoms with E-state index in [2.05, 4.69) is 23.6 Å². The number of carbonyl (C=O) groups excluding carboxylic acids is 1. The molecule has 1 amide bonds. The number of nitrogens with zero attached hydrogens (tertiary/aromatic N) is 1. The van der Waals surface area contributed by atoms with Gasteiger partial charge in [0.15, 0.2) is 0 Å². The number of nitriles is 1. The van der Waals surface area contributed by atoms with Crippen LogP contribution in [0.1, 0.15) is 31.7 Å². The molecule has 0 bridgehead atoms. The van der Waals surface area contributed by atoms with Gasteiger partial charge in [-0.3, -0.25) is 4.79 Å². The van der Waals surface area contributed by atoms with Crippen LogP contribution in [0, 0.1) is 11.3 Å². The van der Waals surface area contributed by atoms with Crippen LogP contribution in [0.4, 0.5) is 5.69 Å². The lowest BCUT2D eigenvalue weighted by Gasteiger charge is -2.30. The summed E-state index contributed by atoms with van der Waals surface area (Å²) in [7, 11) is 0. The Labute approximate surface area is 170 Å². The number of amides is 1. The Bertz CT molecular complexity index is 943. The summed E-state index contributed by atoms with van der Waals surface area (Å²) < 4.78 is 0. The third-order valence-electron chi connectivity index (χ3n) is 4.51. The summed E-state index contributed by atoms with van der Waals surface area (Å²) in [5, 5.41) is 17.1. The summed E-state index contributed by atoms with van der Waals surface area (Å²) in [4.78, 5) is 13.2. The van der Waals surface area contributed by atoms with E-state index in [-0.39, 0.29) is 5.91 Å². The molecule has 2 N–H and O–H groups in total. The molecule has 0 saturated carbocycles. The van der Waals surface area contributed by atoms with Gasteiger partial charge in [-0.15, -0.1) is 11.8 Å². The first kappa shape index (κ1) is 19.8. The Morgan fingerprint density at radius 2 is 1.79 bits per heavy atom. The zero-order valence-electron chi connectivity index (χ0n) is 16.0. The van der Waals surface area contributed by atoms with E-state index in [0.29, 0.717) is 11.1 Å². The minimum absolute atomic E-state index is 0.197. The van der Waals surface area contributed by atoms with E-state index >= 15 is 0 Å². The van der Waals surface area contributed by atoms with Crippen LogP contribution in [0.15, 0.2) is 82.5 Å². The molecule has 0 aromatic heterocycles. The smallest absolute Gasteiger partial charge is 0.254 e. The highest BCUT2D eigenvalue weighted by molar-refractivity contribution is 8.03. The van der Waals surface area contributed by atoms with Gasteiger partial charge < -0.3 is 10.6 Å². The van der Waals surface area contributed by atoms with Crippen molar-refractivity contribution in [2.45, 2.75) is 26.2 Å². The molecular weight excluding hydrogens is 366 g/mol. The van der Waals surface area contributed by atoms with Gasteiger partial charge in [-0.1, -0.05) is 55.5 Å². The Kier molecular flexibility index (Phi) is 6.57. The fourth-order valence-corrected chi connectivity index (χ4v) is 4.18. The normalized spacial score (nSPS) is 16.4. The van der Waals surface area contributed by atoms with Gasteiger partial charge in [0.2, 0.25) is 0 Å². The Morgan fingerprint density at radius 3 is 2.39 bits per heavy atom. The van der Waals surface area contributed by atoms with Crippen molar-refractivity contribution in [3.8, 4) is 6.07 Å². The molecule has 0 radical (unpaired) electrons. The van der Waals surface area contributed by atoms with E-state index in [1.807, 2.05) is 67.6 Å². The van der Waals surface area contributed by atoms with Gasteiger partial charge in [-0.2, -0.15) is 5.26 Å². The first-order valence-corrected chi connectivity index (χ1v) is 10.3. The van der Waals surface area contributed by atoms with Gasteiger partial charge >= 0.3 is 0 Å². The van der Waals surface area contributed by atoms with Crippen molar-refractivity contribution in [2.75, 3.05) is 11.1 Å². The number of hydrogen-bond acceptors (Lipinski definition) is 4. The number of para-hydroxylation sites is 1. The molecule has 0 spiro atoms. The van der Waals surface area contributed by atoms with E-state index in [9.17, 15) is 10.1 Å². The van der Waals surface area contributed by atoms with Gasteiger partial charge in [0.25, 0.3) is 5.91 Å². The molecule has 1 aliphatic heterocycles. The molecule has 1 atom stereocenters. The molecule has 3 rings (SSSR count). The predicted molar refractivity (Wildman–Crippen MR) is 115 cm³/mol. The number of anilines is 1. The van der Waals surface area contributed by atoms with Crippen molar-refractivity contribution >= 4 is 23.4 Å². The summed E-state index contributed by atoms with van der Waals surface area (Å²) in [5.74, 6) is 0.321. The van der Waals surface area contributed by atoms with Crippen molar-refractivity contribution in [2.24, 2.45) is 0 Å². The molecule has 2 aromatic carbocycles. The average molecular weight is 390 g/mol. The molecule has 1 heterocycles. The third-order valence-corrected chi connectivity index (χ3v) is 5.73. The van der Waals surface area contributed by atoms with Crippen LogP contribution >= 0.6 is 11.8 Å². The number of hydrogen-bond donors (Lipinski definition) is 2. The summed E-state index contributed by atoms with van der Waals surface area (Å²) in [5.41, 5.74) is 3.61. The molecule has 2 aromatic rings. The SMILES string of the molecule is CCCSC1=C(C#N)[C@@H](c2ccccc2)C(C(=O)Nc2ccccc2)=C(C)N1. The van der Waals surface area contributed by atoms with Crippen molar-refractivity contribution in [1.82, 2.24) is 5.32 Å². The van der Waals surface area contributed by atoms with Crippen LogP contribution < -0.4 is 10.6 Å². The van der Waals surface area contributed by atoms with E-state index < -0.39 is 5.92 Å². The van der Waals surface area contributed by atoms with Gasteiger partial charge in [0, 0.05) is 17.0 Å². The van der Waals surface area contributed by atoms with Crippen LogP contribution in [0.2, 0.25) is 0 Å². The zero-order chi connectivity index (χ0) is 19.9. The van der Waals surface area contributed by atoms with Gasteiger partial charge in [0.1, 0.15) is 0 Å².